The van der Waals surface area contributed by atoms with Crippen LogP contribution >= 0.6 is 0 Å². The first-order valence-electron chi connectivity index (χ1n) is 7.00. The van der Waals surface area contributed by atoms with Crippen LogP contribution < -0.4 is 15.2 Å². The molecule has 2 N–H and O–H groups in total. The van der Waals surface area contributed by atoms with Crippen molar-refractivity contribution in [3.63, 3.8) is 0 Å². The number of rotatable bonds is 2. The van der Waals surface area contributed by atoms with Gasteiger partial charge in [0.25, 0.3) is 0 Å². The Kier molecular flexibility index (Phi) is 3.41. The molecule has 1 heterocycles. The molecule has 3 heteroatoms. The van der Waals surface area contributed by atoms with Crippen molar-refractivity contribution >= 4 is 0 Å². The van der Waals surface area contributed by atoms with Gasteiger partial charge >= 0.3 is 0 Å². The highest BCUT2D eigenvalue weighted by Gasteiger charge is 2.26. The van der Waals surface area contributed by atoms with E-state index in [-0.39, 0.29) is 6.04 Å². The average molecular weight is 247 g/mol. The Morgan fingerprint density at radius 3 is 2.67 bits per heavy atom. The molecule has 0 amide bonds. The second-order valence-electron chi connectivity index (χ2n) is 5.30. The third-order valence-electron chi connectivity index (χ3n) is 4.11. The third kappa shape index (κ3) is 2.19. The normalized spacial score (nSPS) is 21.6. The molecule has 98 valence electrons. The van der Waals surface area contributed by atoms with Crippen LogP contribution in [0.4, 0.5) is 0 Å². The molecule has 1 fully saturated rings. The Labute approximate surface area is 108 Å². The Hall–Kier alpha value is -1.22. The number of ether oxygens (including phenoxy) is 2. The number of para-hydroxylation sites is 1. The van der Waals surface area contributed by atoms with Crippen molar-refractivity contribution in [2.24, 2.45) is 11.7 Å². The lowest BCUT2D eigenvalue weighted by Crippen LogP contribution is -2.25. The zero-order chi connectivity index (χ0) is 12.4. The predicted molar refractivity (Wildman–Crippen MR) is 70.9 cm³/mol. The summed E-state index contributed by atoms with van der Waals surface area (Å²) in [5.74, 6) is 2.32. The number of fused-ring (bicyclic) bond motifs is 1. The van der Waals surface area contributed by atoms with Gasteiger partial charge in [0.2, 0.25) is 0 Å². The molecule has 0 radical (unpaired) electrons. The molecule has 1 aliphatic heterocycles. The molecule has 1 aromatic carbocycles. The first-order chi connectivity index (χ1) is 8.86. The number of hydrogen-bond acceptors (Lipinski definition) is 3. The van der Waals surface area contributed by atoms with E-state index in [0.29, 0.717) is 19.1 Å². The Morgan fingerprint density at radius 2 is 1.83 bits per heavy atom. The van der Waals surface area contributed by atoms with Crippen LogP contribution in [0.3, 0.4) is 0 Å². The topological polar surface area (TPSA) is 44.5 Å². The summed E-state index contributed by atoms with van der Waals surface area (Å²) in [6.07, 6.45) is 6.46. The van der Waals surface area contributed by atoms with Gasteiger partial charge in [-0.05, 0) is 24.8 Å². The van der Waals surface area contributed by atoms with Gasteiger partial charge in [-0.3, -0.25) is 0 Å². The van der Waals surface area contributed by atoms with Crippen molar-refractivity contribution in [2.75, 3.05) is 13.2 Å². The fraction of sp³-hybridized carbons (Fsp3) is 0.600. The highest BCUT2D eigenvalue weighted by molar-refractivity contribution is 5.49. The zero-order valence-electron chi connectivity index (χ0n) is 10.7. The SMILES string of the molecule is N[C@H](c1cccc2c1OCCO2)C1CCCCC1. The van der Waals surface area contributed by atoms with Crippen LogP contribution in [0.25, 0.3) is 0 Å². The molecule has 0 unspecified atom stereocenters. The molecule has 0 spiro atoms. The van der Waals surface area contributed by atoms with Crippen molar-refractivity contribution in [1.29, 1.82) is 0 Å². The van der Waals surface area contributed by atoms with Crippen LogP contribution in [0.1, 0.15) is 43.7 Å². The molecule has 18 heavy (non-hydrogen) atoms. The smallest absolute Gasteiger partial charge is 0.166 e. The molecular weight excluding hydrogens is 226 g/mol. The lowest BCUT2D eigenvalue weighted by atomic mass is 9.81. The summed E-state index contributed by atoms with van der Waals surface area (Å²) in [6, 6.07) is 6.16. The van der Waals surface area contributed by atoms with Gasteiger partial charge in [-0.25, -0.2) is 0 Å². The summed E-state index contributed by atoms with van der Waals surface area (Å²) in [5, 5.41) is 0. The Morgan fingerprint density at radius 1 is 1.06 bits per heavy atom. The quantitative estimate of drug-likeness (QED) is 0.873. The van der Waals surface area contributed by atoms with E-state index in [9.17, 15) is 0 Å². The molecule has 0 saturated heterocycles. The van der Waals surface area contributed by atoms with Crippen LogP contribution in [0, 0.1) is 5.92 Å². The van der Waals surface area contributed by atoms with Gasteiger partial charge in [0.15, 0.2) is 11.5 Å². The molecule has 0 bridgehead atoms. The molecule has 3 nitrogen and oxygen atoms in total. The second-order valence-corrected chi connectivity index (χ2v) is 5.30. The average Bonchev–Trinajstić information content (AvgIpc) is 2.47. The molecule has 3 rings (SSSR count). The van der Waals surface area contributed by atoms with Crippen LogP contribution in [-0.4, -0.2) is 13.2 Å². The third-order valence-corrected chi connectivity index (χ3v) is 4.11. The first-order valence-corrected chi connectivity index (χ1v) is 7.00. The zero-order valence-corrected chi connectivity index (χ0v) is 10.7. The molecule has 1 saturated carbocycles. The van der Waals surface area contributed by atoms with Crippen molar-refractivity contribution in [3.8, 4) is 11.5 Å². The van der Waals surface area contributed by atoms with Gasteiger partial charge < -0.3 is 15.2 Å². The second kappa shape index (κ2) is 5.19. The number of nitrogens with two attached hydrogens (primary N) is 1. The van der Waals surface area contributed by atoms with Crippen LogP contribution in [0.5, 0.6) is 11.5 Å². The predicted octanol–water partition coefficient (Wildman–Crippen LogP) is 3.04. The standard InChI is InChI=1S/C15H21NO2/c16-14(11-5-2-1-3-6-11)12-7-4-8-13-15(12)18-10-9-17-13/h4,7-8,11,14H,1-3,5-6,9-10,16H2/t14-/m0/s1. The lowest BCUT2D eigenvalue weighted by Gasteiger charge is -2.30. The number of hydrogen-bond donors (Lipinski definition) is 1. The summed E-state index contributed by atoms with van der Waals surface area (Å²) in [7, 11) is 0. The van der Waals surface area contributed by atoms with Crippen LogP contribution in [-0.2, 0) is 0 Å². The summed E-state index contributed by atoms with van der Waals surface area (Å²) in [5.41, 5.74) is 7.58. The first kappa shape index (κ1) is 11.8. The maximum absolute atomic E-state index is 6.46. The van der Waals surface area contributed by atoms with Gasteiger partial charge in [0.1, 0.15) is 13.2 Å². The number of benzene rings is 1. The molecule has 0 aromatic heterocycles. The summed E-state index contributed by atoms with van der Waals surface area (Å²) < 4.78 is 11.4. The van der Waals surface area contributed by atoms with E-state index >= 15 is 0 Å². The van der Waals surface area contributed by atoms with Crippen molar-refractivity contribution in [1.82, 2.24) is 0 Å². The van der Waals surface area contributed by atoms with Crippen molar-refractivity contribution in [2.45, 2.75) is 38.1 Å². The minimum absolute atomic E-state index is 0.0851. The van der Waals surface area contributed by atoms with E-state index in [1.54, 1.807) is 0 Å². The molecule has 1 aliphatic carbocycles. The maximum atomic E-state index is 6.46. The summed E-state index contributed by atoms with van der Waals surface area (Å²) in [6.45, 7) is 1.26. The maximum Gasteiger partial charge on any atom is 0.166 e. The molecule has 1 atom stereocenters. The molecule has 2 aliphatic rings. The van der Waals surface area contributed by atoms with E-state index in [1.165, 1.54) is 32.1 Å². The van der Waals surface area contributed by atoms with Crippen molar-refractivity contribution < 1.29 is 9.47 Å². The highest BCUT2D eigenvalue weighted by Crippen LogP contribution is 2.41. The summed E-state index contributed by atoms with van der Waals surface area (Å²) >= 11 is 0. The monoisotopic (exact) mass is 247 g/mol. The van der Waals surface area contributed by atoms with E-state index in [0.717, 1.165) is 17.1 Å². The highest BCUT2D eigenvalue weighted by atomic mass is 16.6. The van der Waals surface area contributed by atoms with Gasteiger partial charge in [-0.1, -0.05) is 31.4 Å². The van der Waals surface area contributed by atoms with Crippen LogP contribution in [0.2, 0.25) is 0 Å². The van der Waals surface area contributed by atoms with Gasteiger partial charge in [0, 0.05) is 11.6 Å². The van der Waals surface area contributed by atoms with Gasteiger partial charge in [-0.2, -0.15) is 0 Å². The Balaban J connectivity index is 1.86. The van der Waals surface area contributed by atoms with E-state index in [2.05, 4.69) is 6.07 Å². The van der Waals surface area contributed by atoms with Gasteiger partial charge in [-0.15, -0.1) is 0 Å². The Bertz CT molecular complexity index is 413. The molecule has 1 aromatic rings. The minimum Gasteiger partial charge on any atom is -0.486 e. The summed E-state index contributed by atoms with van der Waals surface area (Å²) in [4.78, 5) is 0. The van der Waals surface area contributed by atoms with E-state index in [4.69, 9.17) is 15.2 Å². The largest absolute Gasteiger partial charge is 0.486 e. The molecular formula is C15H21NO2. The van der Waals surface area contributed by atoms with E-state index in [1.807, 2.05) is 12.1 Å². The van der Waals surface area contributed by atoms with Gasteiger partial charge in [0.05, 0.1) is 0 Å². The lowest BCUT2D eigenvalue weighted by molar-refractivity contribution is 0.167. The van der Waals surface area contributed by atoms with Crippen molar-refractivity contribution in [3.05, 3.63) is 23.8 Å². The fourth-order valence-electron chi connectivity index (χ4n) is 3.11. The fourth-order valence-corrected chi connectivity index (χ4v) is 3.11. The minimum atomic E-state index is 0.0851. The van der Waals surface area contributed by atoms with Crippen LogP contribution in [0.15, 0.2) is 18.2 Å². The van der Waals surface area contributed by atoms with E-state index < -0.39 is 0 Å².